The molecule has 0 aliphatic carbocycles. The zero-order chi connectivity index (χ0) is 19.6. The number of amidine groups is 1. The number of benzene rings is 2. The first-order valence-electron chi connectivity index (χ1n) is 7.89. The zero-order valence-electron chi connectivity index (χ0n) is 14.1. The number of nitrogens with zero attached hydrogens (tertiary/aromatic N) is 1. The van der Waals surface area contributed by atoms with Crippen molar-refractivity contribution in [1.82, 2.24) is 5.32 Å². The highest BCUT2D eigenvalue weighted by Crippen LogP contribution is 2.26. The molecule has 0 aromatic heterocycles. The normalized spacial score (nSPS) is 17.9. The van der Waals surface area contributed by atoms with Crippen LogP contribution in [0.4, 0.5) is 24.5 Å². The smallest absolute Gasteiger partial charge is 0.240 e. The Morgan fingerprint density at radius 3 is 2.67 bits per heavy atom. The van der Waals surface area contributed by atoms with Crippen LogP contribution in [0.1, 0.15) is 12.0 Å². The van der Waals surface area contributed by atoms with Gasteiger partial charge in [-0.2, -0.15) is 0 Å². The number of thioether (sulfide) groups is 1. The summed E-state index contributed by atoms with van der Waals surface area (Å²) in [5, 5.41) is 4.31. The third-order valence-corrected chi connectivity index (χ3v) is 4.82. The first kappa shape index (κ1) is 19.0. The minimum Gasteiger partial charge on any atom is -0.324 e. The number of halogens is 3. The molecule has 9 heteroatoms. The van der Waals surface area contributed by atoms with Crippen molar-refractivity contribution in [2.24, 2.45) is 4.99 Å². The molecule has 27 heavy (non-hydrogen) atoms. The van der Waals surface area contributed by atoms with Crippen molar-refractivity contribution in [3.8, 4) is 0 Å². The fourth-order valence-electron chi connectivity index (χ4n) is 2.32. The summed E-state index contributed by atoms with van der Waals surface area (Å²) in [4.78, 5) is 28.2. The van der Waals surface area contributed by atoms with Crippen LogP contribution in [0.3, 0.4) is 0 Å². The molecule has 0 radical (unpaired) electrons. The largest absolute Gasteiger partial charge is 0.324 e. The minimum atomic E-state index is -0.907. The van der Waals surface area contributed by atoms with Crippen LogP contribution in [0.15, 0.2) is 41.4 Å². The summed E-state index contributed by atoms with van der Waals surface area (Å²) in [5.74, 6) is -3.11. The van der Waals surface area contributed by atoms with E-state index < -0.39 is 34.5 Å². The number of carbonyl (C=O) groups excluding carboxylic acids is 2. The Hall–Kier alpha value is -2.81. The molecular formula is C18H14F3N3O2S. The van der Waals surface area contributed by atoms with E-state index in [2.05, 4.69) is 15.6 Å². The van der Waals surface area contributed by atoms with Crippen molar-refractivity contribution < 1.29 is 22.8 Å². The molecular weight excluding hydrogens is 379 g/mol. The summed E-state index contributed by atoms with van der Waals surface area (Å²) in [6.07, 6.45) is -0.228. The fourth-order valence-corrected chi connectivity index (χ4v) is 3.31. The van der Waals surface area contributed by atoms with E-state index in [9.17, 15) is 22.8 Å². The number of rotatable bonds is 4. The van der Waals surface area contributed by atoms with Gasteiger partial charge in [0.25, 0.3) is 0 Å². The van der Waals surface area contributed by atoms with Crippen LogP contribution < -0.4 is 10.6 Å². The maximum Gasteiger partial charge on any atom is 0.240 e. The molecule has 2 aromatic rings. The van der Waals surface area contributed by atoms with Crippen molar-refractivity contribution in [2.45, 2.75) is 18.6 Å². The molecule has 1 saturated heterocycles. The first-order chi connectivity index (χ1) is 12.8. The van der Waals surface area contributed by atoms with Crippen LogP contribution in [0.2, 0.25) is 0 Å². The van der Waals surface area contributed by atoms with Crippen molar-refractivity contribution in [3.05, 3.63) is 59.4 Å². The van der Waals surface area contributed by atoms with Gasteiger partial charge >= 0.3 is 0 Å². The lowest BCUT2D eigenvalue weighted by Gasteiger charge is -2.08. The lowest BCUT2D eigenvalue weighted by molar-refractivity contribution is -0.122. The van der Waals surface area contributed by atoms with Crippen LogP contribution in [0.25, 0.3) is 0 Å². The van der Waals surface area contributed by atoms with E-state index in [1.807, 2.05) is 0 Å². The number of nitrogens with one attached hydrogen (secondary N) is 2. The van der Waals surface area contributed by atoms with E-state index in [0.29, 0.717) is 17.3 Å². The quantitative estimate of drug-likeness (QED) is 0.833. The molecule has 1 aliphatic rings. The maximum absolute atomic E-state index is 13.6. The number of amides is 2. The van der Waals surface area contributed by atoms with E-state index in [0.717, 1.165) is 23.9 Å². The van der Waals surface area contributed by atoms with Gasteiger partial charge in [0.05, 0.1) is 11.4 Å². The molecule has 2 amide bonds. The van der Waals surface area contributed by atoms with Crippen molar-refractivity contribution >= 4 is 40.1 Å². The lowest BCUT2D eigenvalue weighted by Crippen LogP contribution is -2.28. The number of aryl methyl sites for hydroxylation is 1. The Morgan fingerprint density at radius 2 is 1.96 bits per heavy atom. The molecule has 0 spiro atoms. The van der Waals surface area contributed by atoms with Gasteiger partial charge in [0.1, 0.15) is 22.7 Å². The van der Waals surface area contributed by atoms with Crippen molar-refractivity contribution in [2.75, 3.05) is 5.32 Å². The summed E-state index contributed by atoms with van der Waals surface area (Å²) >= 11 is 1.02. The highest BCUT2D eigenvalue weighted by atomic mass is 32.2. The van der Waals surface area contributed by atoms with Gasteiger partial charge in [0.2, 0.25) is 11.8 Å². The Labute approximate surface area is 157 Å². The van der Waals surface area contributed by atoms with Crippen LogP contribution in [0.5, 0.6) is 0 Å². The van der Waals surface area contributed by atoms with Gasteiger partial charge in [-0.15, -0.1) is 0 Å². The fraction of sp³-hybridized carbons (Fsp3) is 0.167. The Bertz CT molecular complexity index is 949. The van der Waals surface area contributed by atoms with Gasteiger partial charge in [-0.1, -0.05) is 17.8 Å². The monoisotopic (exact) mass is 393 g/mol. The highest BCUT2D eigenvalue weighted by Gasteiger charge is 2.32. The van der Waals surface area contributed by atoms with E-state index in [1.54, 1.807) is 19.1 Å². The number of carbonyl (C=O) groups is 2. The molecule has 1 fully saturated rings. The summed E-state index contributed by atoms with van der Waals surface area (Å²) in [7, 11) is 0. The summed E-state index contributed by atoms with van der Waals surface area (Å²) in [6.45, 7) is 1.62. The molecule has 3 rings (SSSR count). The second kappa shape index (κ2) is 7.83. The molecule has 0 bridgehead atoms. The molecule has 2 aromatic carbocycles. The Balaban J connectivity index is 1.64. The summed E-state index contributed by atoms with van der Waals surface area (Å²) in [5.41, 5.74) is 0.637. The first-order valence-corrected chi connectivity index (χ1v) is 8.77. The lowest BCUT2D eigenvalue weighted by atomic mass is 10.2. The second-order valence-corrected chi connectivity index (χ2v) is 7.01. The van der Waals surface area contributed by atoms with E-state index in [-0.39, 0.29) is 17.3 Å². The topological polar surface area (TPSA) is 70.6 Å². The highest BCUT2D eigenvalue weighted by molar-refractivity contribution is 8.15. The minimum absolute atomic E-state index is 0.172. The molecule has 0 saturated carbocycles. The Morgan fingerprint density at radius 1 is 1.19 bits per heavy atom. The average Bonchev–Trinajstić information content (AvgIpc) is 2.93. The predicted octanol–water partition coefficient (Wildman–Crippen LogP) is 3.66. The molecule has 1 atom stereocenters. The van der Waals surface area contributed by atoms with Crippen LogP contribution in [-0.2, 0) is 9.59 Å². The van der Waals surface area contributed by atoms with E-state index in [1.165, 1.54) is 6.07 Å². The van der Waals surface area contributed by atoms with Gasteiger partial charge in [-0.05, 0) is 36.8 Å². The zero-order valence-corrected chi connectivity index (χ0v) is 14.9. The molecule has 1 aliphatic heterocycles. The maximum atomic E-state index is 13.6. The average molecular weight is 393 g/mol. The summed E-state index contributed by atoms with van der Waals surface area (Å²) < 4.78 is 40.0. The third-order valence-electron chi connectivity index (χ3n) is 3.74. The van der Waals surface area contributed by atoms with Gasteiger partial charge in [-0.25, -0.2) is 18.2 Å². The van der Waals surface area contributed by atoms with Gasteiger partial charge in [-0.3, -0.25) is 9.59 Å². The van der Waals surface area contributed by atoms with Crippen LogP contribution in [-0.4, -0.2) is 22.2 Å². The second-order valence-electron chi connectivity index (χ2n) is 5.82. The molecule has 5 nitrogen and oxygen atoms in total. The van der Waals surface area contributed by atoms with Crippen LogP contribution >= 0.6 is 11.8 Å². The Kier molecular flexibility index (Phi) is 5.50. The van der Waals surface area contributed by atoms with E-state index >= 15 is 0 Å². The van der Waals surface area contributed by atoms with Crippen molar-refractivity contribution in [1.29, 1.82) is 0 Å². The number of aliphatic imine (C=N–C) groups is 1. The molecule has 0 unspecified atom stereocenters. The summed E-state index contributed by atoms with van der Waals surface area (Å²) in [6, 6.07) is 7.18. The number of hydrogen-bond donors (Lipinski definition) is 2. The standard InChI is InChI=1S/C18H14F3N3O2S/c1-9-2-4-11(7-12(9)20)22-18-24-17(26)15(27-18)8-16(25)23-14-5-3-10(19)6-13(14)21/h2-7,15H,8H2,1H3,(H,23,25)(H,22,24,26)/t15-/m0/s1. The third kappa shape index (κ3) is 4.68. The predicted molar refractivity (Wildman–Crippen MR) is 97.4 cm³/mol. The number of anilines is 1. The molecule has 140 valence electrons. The van der Waals surface area contributed by atoms with Crippen molar-refractivity contribution in [3.63, 3.8) is 0 Å². The van der Waals surface area contributed by atoms with Gasteiger partial charge in [0, 0.05) is 12.5 Å². The molecule has 1 heterocycles. The number of hydrogen-bond acceptors (Lipinski definition) is 4. The van der Waals surface area contributed by atoms with Gasteiger partial charge < -0.3 is 10.6 Å². The SMILES string of the molecule is Cc1ccc(N=C2NC(=O)[C@H](CC(=O)Nc3ccc(F)cc3F)S2)cc1F. The molecule has 2 N–H and O–H groups in total. The van der Waals surface area contributed by atoms with Gasteiger partial charge in [0.15, 0.2) is 5.17 Å². The van der Waals surface area contributed by atoms with E-state index in [4.69, 9.17) is 0 Å². The van der Waals surface area contributed by atoms with Crippen LogP contribution in [0, 0.1) is 24.4 Å².